The molecule has 0 saturated heterocycles. The number of carbonyl (C=O) groups is 1. The van der Waals surface area contributed by atoms with E-state index in [1.165, 1.54) is 6.42 Å². The van der Waals surface area contributed by atoms with Crippen LogP contribution in [0.15, 0.2) is 0 Å². The highest BCUT2D eigenvalue weighted by molar-refractivity contribution is 5.87. The molecule has 2 heteroatoms. The molecule has 1 aliphatic rings. The van der Waals surface area contributed by atoms with Crippen molar-refractivity contribution < 1.29 is 9.53 Å². The Bertz CT molecular complexity index is 196. The zero-order chi connectivity index (χ0) is 10.6. The maximum absolute atomic E-state index is 12.0. The highest BCUT2D eigenvalue weighted by Crippen LogP contribution is 2.38. The predicted octanol–water partition coefficient (Wildman–Crippen LogP) is 2.95. The zero-order valence-corrected chi connectivity index (χ0v) is 9.64. The second kappa shape index (κ2) is 4.92. The lowest BCUT2D eigenvalue weighted by Crippen LogP contribution is -2.49. The number of rotatable bonds is 4. The first-order valence-electron chi connectivity index (χ1n) is 5.84. The van der Waals surface area contributed by atoms with Crippen LogP contribution in [0.2, 0.25) is 0 Å². The quantitative estimate of drug-likeness (QED) is 0.694. The third-order valence-corrected chi connectivity index (χ3v) is 3.43. The molecule has 0 N–H and O–H groups in total. The van der Waals surface area contributed by atoms with Crippen LogP contribution in [0.5, 0.6) is 0 Å². The molecular formula is C12H22O2. The number of ether oxygens (including phenoxy) is 1. The largest absolute Gasteiger partial charge is 0.367 e. The third-order valence-electron chi connectivity index (χ3n) is 3.43. The Morgan fingerprint density at radius 3 is 2.64 bits per heavy atom. The molecule has 2 unspecified atom stereocenters. The van der Waals surface area contributed by atoms with Gasteiger partial charge >= 0.3 is 0 Å². The lowest BCUT2D eigenvalue weighted by Gasteiger charge is -2.40. The fourth-order valence-electron chi connectivity index (χ4n) is 2.58. The van der Waals surface area contributed by atoms with E-state index in [1.54, 1.807) is 0 Å². The van der Waals surface area contributed by atoms with E-state index in [2.05, 4.69) is 6.92 Å². The fourth-order valence-corrected chi connectivity index (χ4v) is 2.58. The Hall–Kier alpha value is -0.370. The SMILES string of the molecule is CCOC1(C(=O)CC)CCCCC1C. The van der Waals surface area contributed by atoms with Crippen LogP contribution in [0, 0.1) is 5.92 Å². The lowest BCUT2D eigenvalue weighted by molar-refractivity contribution is -0.157. The van der Waals surface area contributed by atoms with Gasteiger partial charge in [0, 0.05) is 13.0 Å². The molecule has 0 spiro atoms. The summed E-state index contributed by atoms with van der Waals surface area (Å²) >= 11 is 0. The van der Waals surface area contributed by atoms with E-state index in [-0.39, 0.29) is 0 Å². The molecule has 0 heterocycles. The van der Waals surface area contributed by atoms with E-state index in [4.69, 9.17) is 4.74 Å². The van der Waals surface area contributed by atoms with Crippen LogP contribution >= 0.6 is 0 Å². The van der Waals surface area contributed by atoms with Crippen molar-refractivity contribution in [1.82, 2.24) is 0 Å². The van der Waals surface area contributed by atoms with Crippen LogP contribution in [0.4, 0.5) is 0 Å². The van der Waals surface area contributed by atoms with Gasteiger partial charge in [0.05, 0.1) is 0 Å². The molecule has 0 aromatic heterocycles. The van der Waals surface area contributed by atoms with Gasteiger partial charge in [-0.3, -0.25) is 4.79 Å². The highest BCUT2D eigenvalue weighted by atomic mass is 16.5. The number of ketones is 1. The molecule has 0 aromatic carbocycles. The predicted molar refractivity (Wildman–Crippen MR) is 57.3 cm³/mol. The first-order chi connectivity index (χ1) is 6.67. The molecule has 2 atom stereocenters. The van der Waals surface area contributed by atoms with Gasteiger partial charge in [-0.1, -0.05) is 26.7 Å². The summed E-state index contributed by atoms with van der Waals surface area (Å²) in [5.74, 6) is 0.690. The summed E-state index contributed by atoms with van der Waals surface area (Å²) in [5, 5.41) is 0. The van der Waals surface area contributed by atoms with E-state index < -0.39 is 5.60 Å². The molecule has 82 valence electrons. The van der Waals surface area contributed by atoms with E-state index >= 15 is 0 Å². The minimum Gasteiger partial charge on any atom is -0.367 e. The Kier molecular flexibility index (Phi) is 4.11. The summed E-state index contributed by atoms with van der Waals surface area (Å²) in [6, 6.07) is 0. The molecular weight excluding hydrogens is 176 g/mol. The normalized spacial score (nSPS) is 32.9. The van der Waals surface area contributed by atoms with Crippen molar-refractivity contribution >= 4 is 5.78 Å². The standard InChI is InChI=1S/C12H22O2/c1-4-11(13)12(14-5-2)9-7-6-8-10(12)3/h10H,4-9H2,1-3H3. The van der Waals surface area contributed by atoms with Crippen LogP contribution in [0.25, 0.3) is 0 Å². The van der Waals surface area contributed by atoms with Gasteiger partial charge in [-0.2, -0.15) is 0 Å². The van der Waals surface area contributed by atoms with Crippen LogP contribution < -0.4 is 0 Å². The Morgan fingerprint density at radius 1 is 1.43 bits per heavy atom. The van der Waals surface area contributed by atoms with Gasteiger partial charge in [0.1, 0.15) is 5.60 Å². The number of carbonyl (C=O) groups excluding carboxylic acids is 1. The van der Waals surface area contributed by atoms with Gasteiger partial charge in [-0.25, -0.2) is 0 Å². The van der Waals surface area contributed by atoms with Gasteiger partial charge in [-0.05, 0) is 25.7 Å². The first-order valence-corrected chi connectivity index (χ1v) is 5.84. The summed E-state index contributed by atoms with van der Waals surface area (Å²) in [4.78, 5) is 12.0. The number of hydrogen-bond acceptors (Lipinski definition) is 2. The lowest BCUT2D eigenvalue weighted by atomic mass is 9.73. The van der Waals surface area contributed by atoms with Gasteiger partial charge in [0.2, 0.25) is 0 Å². The van der Waals surface area contributed by atoms with Crippen LogP contribution in [0.1, 0.15) is 52.9 Å². The maximum Gasteiger partial charge on any atom is 0.164 e. The van der Waals surface area contributed by atoms with Crippen LogP contribution in [0.3, 0.4) is 0 Å². The van der Waals surface area contributed by atoms with Gasteiger partial charge in [-0.15, -0.1) is 0 Å². The monoisotopic (exact) mass is 198 g/mol. The Balaban J connectivity index is 2.82. The van der Waals surface area contributed by atoms with Crippen molar-refractivity contribution in [2.45, 2.75) is 58.5 Å². The minimum absolute atomic E-state index is 0.298. The maximum atomic E-state index is 12.0. The van der Waals surface area contributed by atoms with Crippen molar-refractivity contribution in [3.8, 4) is 0 Å². The van der Waals surface area contributed by atoms with Crippen molar-refractivity contribution in [2.75, 3.05) is 6.61 Å². The average Bonchev–Trinajstić information content (AvgIpc) is 2.20. The summed E-state index contributed by atoms with van der Waals surface area (Å²) in [6.07, 6.45) is 5.04. The van der Waals surface area contributed by atoms with Crippen molar-refractivity contribution in [3.63, 3.8) is 0 Å². The molecule has 0 radical (unpaired) electrons. The molecule has 1 rings (SSSR count). The first kappa shape index (κ1) is 11.7. The molecule has 2 nitrogen and oxygen atoms in total. The van der Waals surface area contributed by atoms with Crippen molar-refractivity contribution in [1.29, 1.82) is 0 Å². The summed E-state index contributed by atoms with van der Waals surface area (Å²) in [5.41, 5.74) is -0.443. The van der Waals surface area contributed by atoms with Gasteiger partial charge in [0.15, 0.2) is 5.78 Å². The Morgan fingerprint density at radius 2 is 2.14 bits per heavy atom. The summed E-state index contributed by atoms with van der Waals surface area (Å²) in [7, 11) is 0. The van der Waals surface area contributed by atoms with E-state index in [9.17, 15) is 4.79 Å². The molecule has 14 heavy (non-hydrogen) atoms. The summed E-state index contributed by atoms with van der Waals surface area (Å²) < 4.78 is 5.79. The van der Waals surface area contributed by atoms with E-state index in [0.717, 1.165) is 19.3 Å². The topological polar surface area (TPSA) is 26.3 Å². The van der Waals surface area contributed by atoms with Crippen molar-refractivity contribution in [3.05, 3.63) is 0 Å². The number of Topliss-reactive ketones (excluding diaryl/α,β-unsaturated/α-hetero) is 1. The van der Waals surface area contributed by atoms with Gasteiger partial charge in [0.25, 0.3) is 0 Å². The van der Waals surface area contributed by atoms with E-state index in [0.29, 0.717) is 24.7 Å². The smallest absolute Gasteiger partial charge is 0.164 e. The minimum atomic E-state index is -0.443. The molecule has 0 aliphatic heterocycles. The third kappa shape index (κ3) is 2.00. The molecule has 0 aromatic rings. The van der Waals surface area contributed by atoms with Crippen LogP contribution in [-0.4, -0.2) is 18.0 Å². The Labute approximate surface area is 87.0 Å². The van der Waals surface area contributed by atoms with Gasteiger partial charge < -0.3 is 4.74 Å². The van der Waals surface area contributed by atoms with Crippen LogP contribution in [-0.2, 0) is 9.53 Å². The molecule has 0 bridgehead atoms. The van der Waals surface area contributed by atoms with Crippen molar-refractivity contribution in [2.24, 2.45) is 5.92 Å². The highest BCUT2D eigenvalue weighted by Gasteiger charge is 2.44. The van der Waals surface area contributed by atoms with E-state index in [1.807, 2.05) is 13.8 Å². The molecule has 1 aliphatic carbocycles. The average molecular weight is 198 g/mol. The fraction of sp³-hybridized carbons (Fsp3) is 0.917. The second-order valence-electron chi connectivity index (χ2n) is 4.25. The molecule has 1 fully saturated rings. The molecule has 1 saturated carbocycles. The molecule has 0 amide bonds. The zero-order valence-electron chi connectivity index (χ0n) is 9.64. The second-order valence-corrected chi connectivity index (χ2v) is 4.25. The number of hydrogen-bond donors (Lipinski definition) is 0. The summed E-state index contributed by atoms with van der Waals surface area (Å²) in [6.45, 7) is 6.72.